The zero-order valence-electron chi connectivity index (χ0n) is 20.7. The number of carbonyl (C=O) groups excluding carboxylic acids is 2. The molecule has 0 atom stereocenters. The van der Waals surface area contributed by atoms with E-state index in [1.807, 2.05) is 24.3 Å². The van der Waals surface area contributed by atoms with Gasteiger partial charge in [0.25, 0.3) is 0 Å². The van der Waals surface area contributed by atoms with Crippen molar-refractivity contribution in [2.75, 3.05) is 34.5 Å². The molecule has 0 saturated heterocycles. The van der Waals surface area contributed by atoms with Crippen LogP contribution in [0.1, 0.15) is 30.9 Å². The molecule has 0 saturated carbocycles. The van der Waals surface area contributed by atoms with Crippen LogP contribution in [-0.4, -0.2) is 51.4 Å². The van der Waals surface area contributed by atoms with Crippen molar-refractivity contribution < 1.29 is 33.3 Å². The smallest absolute Gasteiger partial charge is 0.336 e. The SMILES string of the molecule is CCOC(=O)C1=CN(Cc2ccc(OC)cc2)C=C(C(=O)OCC)C1c1ccc(OC)c(OC)c1. The van der Waals surface area contributed by atoms with E-state index in [9.17, 15) is 9.59 Å². The van der Waals surface area contributed by atoms with E-state index in [0.29, 0.717) is 34.8 Å². The van der Waals surface area contributed by atoms with Gasteiger partial charge < -0.3 is 28.6 Å². The molecule has 0 radical (unpaired) electrons. The van der Waals surface area contributed by atoms with Gasteiger partial charge in [-0.3, -0.25) is 0 Å². The molecule has 8 nitrogen and oxygen atoms in total. The second-order valence-corrected chi connectivity index (χ2v) is 7.68. The van der Waals surface area contributed by atoms with Gasteiger partial charge in [-0.05, 0) is 49.2 Å². The summed E-state index contributed by atoms with van der Waals surface area (Å²) < 4.78 is 26.8. The van der Waals surface area contributed by atoms with Crippen LogP contribution in [-0.2, 0) is 25.6 Å². The van der Waals surface area contributed by atoms with Crippen LogP contribution >= 0.6 is 0 Å². The van der Waals surface area contributed by atoms with Gasteiger partial charge in [0.1, 0.15) is 5.75 Å². The van der Waals surface area contributed by atoms with E-state index < -0.39 is 17.9 Å². The van der Waals surface area contributed by atoms with Gasteiger partial charge >= 0.3 is 11.9 Å². The number of esters is 2. The van der Waals surface area contributed by atoms with Crippen LogP contribution in [0, 0.1) is 0 Å². The lowest BCUT2D eigenvalue weighted by Gasteiger charge is -2.30. The summed E-state index contributed by atoms with van der Waals surface area (Å²) in [5.41, 5.74) is 2.27. The largest absolute Gasteiger partial charge is 0.497 e. The van der Waals surface area contributed by atoms with Crippen LogP contribution in [0.3, 0.4) is 0 Å². The average molecular weight is 482 g/mol. The van der Waals surface area contributed by atoms with Crippen LogP contribution in [0.2, 0.25) is 0 Å². The third kappa shape index (κ3) is 5.95. The van der Waals surface area contributed by atoms with Gasteiger partial charge in [0.15, 0.2) is 11.5 Å². The molecule has 0 aromatic heterocycles. The first-order chi connectivity index (χ1) is 16.9. The highest BCUT2D eigenvalue weighted by atomic mass is 16.5. The summed E-state index contributed by atoms with van der Waals surface area (Å²) >= 11 is 0. The maximum absolute atomic E-state index is 13.1. The second-order valence-electron chi connectivity index (χ2n) is 7.68. The highest BCUT2D eigenvalue weighted by molar-refractivity contribution is 5.98. The van der Waals surface area contributed by atoms with Gasteiger partial charge in [0, 0.05) is 18.9 Å². The number of hydrogen-bond donors (Lipinski definition) is 0. The lowest BCUT2D eigenvalue weighted by Crippen LogP contribution is -2.29. The molecule has 0 bridgehead atoms. The maximum Gasteiger partial charge on any atom is 0.336 e. The lowest BCUT2D eigenvalue weighted by atomic mass is 9.83. The zero-order chi connectivity index (χ0) is 25.4. The quantitative estimate of drug-likeness (QED) is 0.467. The molecule has 2 aromatic carbocycles. The average Bonchev–Trinajstić information content (AvgIpc) is 2.88. The normalized spacial score (nSPS) is 13.5. The Bertz CT molecular complexity index is 1070. The van der Waals surface area contributed by atoms with E-state index >= 15 is 0 Å². The summed E-state index contributed by atoms with van der Waals surface area (Å²) in [7, 11) is 4.68. The Morgan fingerprint density at radius 1 is 0.771 bits per heavy atom. The monoisotopic (exact) mass is 481 g/mol. The number of nitrogens with zero attached hydrogens (tertiary/aromatic N) is 1. The summed E-state index contributed by atoms with van der Waals surface area (Å²) in [6.45, 7) is 4.31. The Morgan fingerprint density at radius 3 is 1.83 bits per heavy atom. The van der Waals surface area contributed by atoms with Crippen molar-refractivity contribution in [3.05, 3.63) is 77.1 Å². The zero-order valence-corrected chi connectivity index (χ0v) is 20.7. The Hall–Kier alpha value is -3.94. The highest BCUT2D eigenvalue weighted by Crippen LogP contribution is 2.40. The van der Waals surface area contributed by atoms with Crippen molar-refractivity contribution in [1.82, 2.24) is 4.90 Å². The summed E-state index contributed by atoms with van der Waals surface area (Å²) in [4.78, 5) is 28.0. The molecule has 0 fully saturated rings. The summed E-state index contributed by atoms with van der Waals surface area (Å²) in [6, 6.07) is 12.9. The molecule has 3 rings (SSSR count). The molecule has 1 aliphatic heterocycles. The van der Waals surface area contributed by atoms with Crippen molar-refractivity contribution in [2.45, 2.75) is 26.3 Å². The molecule has 35 heavy (non-hydrogen) atoms. The second kappa shape index (κ2) is 12.0. The maximum atomic E-state index is 13.1. The van der Waals surface area contributed by atoms with Crippen molar-refractivity contribution in [3.63, 3.8) is 0 Å². The number of methoxy groups -OCH3 is 3. The summed E-state index contributed by atoms with van der Waals surface area (Å²) in [6.07, 6.45) is 3.43. The van der Waals surface area contributed by atoms with Gasteiger partial charge in [-0.15, -0.1) is 0 Å². The first kappa shape index (κ1) is 25.7. The molecule has 0 aliphatic carbocycles. The molecule has 0 amide bonds. The van der Waals surface area contributed by atoms with Crippen LogP contribution in [0.5, 0.6) is 17.2 Å². The Labute approximate surface area is 205 Å². The minimum Gasteiger partial charge on any atom is -0.497 e. The molecule has 1 heterocycles. The molecule has 186 valence electrons. The van der Waals surface area contributed by atoms with Crippen LogP contribution in [0.25, 0.3) is 0 Å². The third-order valence-electron chi connectivity index (χ3n) is 5.52. The van der Waals surface area contributed by atoms with E-state index in [2.05, 4.69) is 0 Å². The van der Waals surface area contributed by atoms with Crippen molar-refractivity contribution >= 4 is 11.9 Å². The molecule has 8 heteroatoms. The molecule has 0 N–H and O–H groups in total. The molecule has 0 unspecified atom stereocenters. The molecule has 0 spiro atoms. The van der Waals surface area contributed by atoms with E-state index in [0.717, 1.165) is 11.3 Å². The number of carbonyl (C=O) groups is 2. The first-order valence-corrected chi connectivity index (χ1v) is 11.3. The number of rotatable bonds is 10. The summed E-state index contributed by atoms with van der Waals surface area (Å²) in [5.74, 6) is 0.0314. The Kier molecular flexibility index (Phi) is 8.78. The van der Waals surface area contributed by atoms with E-state index in [-0.39, 0.29) is 13.2 Å². The molecule has 2 aromatic rings. The summed E-state index contributed by atoms with van der Waals surface area (Å²) in [5, 5.41) is 0. The minimum absolute atomic E-state index is 0.200. The van der Waals surface area contributed by atoms with E-state index in [4.69, 9.17) is 23.7 Å². The fraction of sp³-hybridized carbons (Fsp3) is 0.333. The number of ether oxygens (including phenoxy) is 5. The van der Waals surface area contributed by atoms with Crippen molar-refractivity contribution in [2.24, 2.45) is 0 Å². The molecular formula is C27H31NO7. The number of benzene rings is 2. The van der Waals surface area contributed by atoms with Gasteiger partial charge in [-0.2, -0.15) is 0 Å². The van der Waals surface area contributed by atoms with Crippen molar-refractivity contribution in [1.29, 1.82) is 0 Å². The van der Waals surface area contributed by atoms with Gasteiger partial charge in [0.05, 0.1) is 51.6 Å². The topological polar surface area (TPSA) is 83.5 Å². The molecule has 1 aliphatic rings. The number of hydrogen-bond acceptors (Lipinski definition) is 8. The van der Waals surface area contributed by atoms with Crippen LogP contribution in [0.15, 0.2) is 66.0 Å². The van der Waals surface area contributed by atoms with Crippen molar-refractivity contribution in [3.8, 4) is 17.2 Å². The fourth-order valence-corrected chi connectivity index (χ4v) is 3.91. The predicted molar refractivity (Wildman–Crippen MR) is 130 cm³/mol. The standard InChI is InChI=1S/C27H31NO7/c1-6-34-26(29)21-16-28(15-18-8-11-20(31-3)12-9-18)17-22(27(30)35-7-2)25(21)19-10-13-23(32-4)24(14-19)33-5/h8-14,16-17,25H,6-7,15H2,1-5H3. The minimum atomic E-state index is -0.708. The van der Waals surface area contributed by atoms with Gasteiger partial charge in [-0.1, -0.05) is 18.2 Å². The van der Waals surface area contributed by atoms with Crippen LogP contribution < -0.4 is 14.2 Å². The predicted octanol–water partition coefficient (Wildman–Crippen LogP) is 4.21. The highest BCUT2D eigenvalue weighted by Gasteiger charge is 2.36. The van der Waals surface area contributed by atoms with Crippen LogP contribution in [0.4, 0.5) is 0 Å². The van der Waals surface area contributed by atoms with E-state index in [1.54, 1.807) is 63.6 Å². The van der Waals surface area contributed by atoms with E-state index in [1.165, 1.54) is 7.11 Å². The molecular weight excluding hydrogens is 450 g/mol. The lowest BCUT2D eigenvalue weighted by molar-refractivity contribution is -0.139. The van der Waals surface area contributed by atoms with Gasteiger partial charge in [-0.25, -0.2) is 9.59 Å². The first-order valence-electron chi connectivity index (χ1n) is 11.3. The van der Waals surface area contributed by atoms with Gasteiger partial charge in [0.2, 0.25) is 0 Å². The Morgan fingerprint density at radius 2 is 1.34 bits per heavy atom. The Balaban J connectivity index is 2.10. The third-order valence-corrected chi connectivity index (χ3v) is 5.52. The fourth-order valence-electron chi connectivity index (χ4n) is 3.91.